The summed E-state index contributed by atoms with van der Waals surface area (Å²) in [5, 5.41) is 3.18. The third-order valence-corrected chi connectivity index (χ3v) is 7.62. The summed E-state index contributed by atoms with van der Waals surface area (Å²) in [6, 6.07) is 18.6. The highest BCUT2D eigenvalue weighted by Gasteiger charge is 2.29. The molecule has 0 atom stereocenters. The van der Waals surface area contributed by atoms with E-state index in [1.54, 1.807) is 18.2 Å². The highest BCUT2D eigenvalue weighted by atomic mass is 35.5. The minimum atomic E-state index is -4.10. The third kappa shape index (κ3) is 6.90. The second-order valence-electron chi connectivity index (χ2n) is 8.31. The molecule has 0 aliphatic heterocycles. The van der Waals surface area contributed by atoms with Crippen LogP contribution in [0.5, 0.6) is 5.75 Å². The minimum Gasteiger partial charge on any atom is -0.491 e. The van der Waals surface area contributed by atoms with Crippen LogP contribution < -0.4 is 14.4 Å². The van der Waals surface area contributed by atoms with Crippen molar-refractivity contribution in [1.29, 1.82) is 0 Å². The molecule has 0 fully saturated rings. The standard InChI is InChI=1S/C26H28Cl2N2O4S/c1-18(2)22-6-4-5-7-25(22)34-15-14-29-26(31)17-30(24-16-20(27)10-13-23(24)28)35(32,33)21-11-8-19(3)9-12-21/h4-13,16,18H,14-15,17H2,1-3H3,(H,29,31). The van der Waals surface area contributed by atoms with Gasteiger partial charge in [0.05, 0.1) is 22.2 Å². The number of sulfonamides is 1. The van der Waals surface area contributed by atoms with E-state index in [0.717, 1.165) is 21.2 Å². The molecule has 0 aliphatic carbocycles. The molecule has 0 aliphatic rings. The van der Waals surface area contributed by atoms with E-state index in [-0.39, 0.29) is 28.8 Å². The zero-order valence-electron chi connectivity index (χ0n) is 19.8. The van der Waals surface area contributed by atoms with Gasteiger partial charge in [-0.15, -0.1) is 0 Å². The number of nitrogens with zero attached hydrogens (tertiary/aromatic N) is 1. The maximum atomic E-state index is 13.5. The van der Waals surface area contributed by atoms with Gasteiger partial charge < -0.3 is 10.1 Å². The number of carbonyl (C=O) groups is 1. The van der Waals surface area contributed by atoms with Gasteiger partial charge in [-0.3, -0.25) is 9.10 Å². The number of benzene rings is 3. The summed E-state index contributed by atoms with van der Waals surface area (Å²) in [5.74, 6) is 0.548. The summed E-state index contributed by atoms with van der Waals surface area (Å²) >= 11 is 12.4. The first kappa shape index (κ1) is 26.9. The van der Waals surface area contributed by atoms with Gasteiger partial charge in [0.15, 0.2) is 0 Å². The van der Waals surface area contributed by atoms with Crippen molar-refractivity contribution >= 4 is 44.8 Å². The number of carbonyl (C=O) groups excluding carboxylic acids is 1. The Kier molecular flexibility index (Phi) is 9.05. The molecule has 0 bridgehead atoms. The first-order valence-corrected chi connectivity index (χ1v) is 13.3. The Morgan fingerprint density at radius 2 is 1.71 bits per heavy atom. The number of para-hydroxylation sites is 1. The molecule has 0 saturated carbocycles. The van der Waals surface area contributed by atoms with Crippen molar-refractivity contribution in [3.05, 3.63) is 87.9 Å². The second-order valence-corrected chi connectivity index (χ2v) is 11.0. The van der Waals surface area contributed by atoms with Crippen LogP contribution in [0.25, 0.3) is 0 Å². The lowest BCUT2D eigenvalue weighted by atomic mass is 10.0. The average molecular weight is 535 g/mol. The van der Waals surface area contributed by atoms with Crippen LogP contribution in [-0.2, 0) is 14.8 Å². The fourth-order valence-electron chi connectivity index (χ4n) is 3.44. The van der Waals surface area contributed by atoms with Gasteiger partial charge in [-0.1, -0.05) is 72.9 Å². The third-order valence-electron chi connectivity index (χ3n) is 5.30. The van der Waals surface area contributed by atoms with Gasteiger partial charge in [0.1, 0.15) is 18.9 Å². The van der Waals surface area contributed by atoms with Crippen LogP contribution in [0.15, 0.2) is 71.6 Å². The van der Waals surface area contributed by atoms with Crippen LogP contribution >= 0.6 is 23.2 Å². The van der Waals surface area contributed by atoms with Crippen LogP contribution in [0.4, 0.5) is 5.69 Å². The van der Waals surface area contributed by atoms with Gasteiger partial charge in [0.25, 0.3) is 10.0 Å². The molecule has 3 rings (SSSR count). The van der Waals surface area contributed by atoms with E-state index in [9.17, 15) is 13.2 Å². The molecule has 0 radical (unpaired) electrons. The highest BCUT2D eigenvalue weighted by Crippen LogP contribution is 2.33. The normalized spacial score (nSPS) is 11.4. The summed E-state index contributed by atoms with van der Waals surface area (Å²) in [6.45, 7) is 5.98. The summed E-state index contributed by atoms with van der Waals surface area (Å²) < 4.78 is 33.8. The molecule has 0 unspecified atom stereocenters. The molecule has 0 aromatic heterocycles. The van der Waals surface area contributed by atoms with E-state index in [0.29, 0.717) is 10.9 Å². The van der Waals surface area contributed by atoms with Crippen molar-refractivity contribution in [1.82, 2.24) is 5.32 Å². The van der Waals surface area contributed by atoms with Gasteiger partial charge in [-0.25, -0.2) is 8.42 Å². The van der Waals surface area contributed by atoms with Crippen molar-refractivity contribution in [2.75, 3.05) is 24.0 Å². The predicted molar refractivity (Wildman–Crippen MR) is 141 cm³/mol. The Labute approximate surface area is 216 Å². The van der Waals surface area contributed by atoms with Crippen molar-refractivity contribution in [2.24, 2.45) is 0 Å². The zero-order chi connectivity index (χ0) is 25.6. The molecule has 0 spiro atoms. The SMILES string of the molecule is Cc1ccc(S(=O)(=O)N(CC(=O)NCCOc2ccccc2C(C)C)c2cc(Cl)ccc2Cl)cc1. The average Bonchev–Trinajstić information content (AvgIpc) is 2.82. The summed E-state index contributed by atoms with van der Waals surface area (Å²) in [5.41, 5.74) is 2.11. The molecule has 1 amide bonds. The molecule has 35 heavy (non-hydrogen) atoms. The largest absolute Gasteiger partial charge is 0.491 e. The molecule has 3 aromatic carbocycles. The minimum absolute atomic E-state index is 0.0422. The van der Waals surface area contributed by atoms with E-state index in [2.05, 4.69) is 19.2 Å². The number of aryl methyl sites for hydroxylation is 1. The van der Waals surface area contributed by atoms with E-state index >= 15 is 0 Å². The molecule has 1 N–H and O–H groups in total. The van der Waals surface area contributed by atoms with Crippen LogP contribution in [0.2, 0.25) is 10.0 Å². The van der Waals surface area contributed by atoms with Crippen molar-refractivity contribution in [2.45, 2.75) is 31.6 Å². The van der Waals surface area contributed by atoms with Gasteiger partial charge >= 0.3 is 0 Å². The maximum absolute atomic E-state index is 13.5. The second kappa shape index (κ2) is 11.8. The number of nitrogens with one attached hydrogen (secondary N) is 1. The van der Waals surface area contributed by atoms with Crippen LogP contribution in [0.3, 0.4) is 0 Å². The van der Waals surface area contributed by atoms with Crippen LogP contribution in [0.1, 0.15) is 30.9 Å². The quantitative estimate of drug-likeness (QED) is 0.332. The van der Waals surface area contributed by atoms with Crippen LogP contribution in [-0.4, -0.2) is 34.0 Å². The summed E-state index contributed by atoms with van der Waals surface area (Å²) in [4.78, 5) is 12.8. The predicted octanol–water partition coefficient (Wildman–Crippen LogP) is 5.82. The topological polar surface area (TPSA) is 75.7 Å². The number of halogens is 2. The number of amides is 1. The van der Waals surface area contributed by atoms with E-state index in [1.165, 1.54) is 24.3 Å². The Balaban J connectivity index is 1.75. The molecule has 0 heterocycles. The van der Waals surface area contributed by atoms with Gasteiger partial charge in [0.2, 0.25) is 5.91 Å². The van der Waals surface area contributed by atoms with Gasteiger partial charge in [-0.2, -0.15) is 0 Å². The lowest BCUT2D eigenvalue weighted by Crippen LogP contribution is -2.42. The molecular formula is C26H28Cl2N2O4S. The van der Waals surface area contributed by atoms with Gasteiger partial charge in [-0.05, 0) is 54.8 Å². The lowest BCUT2D eigenvalue weighted by Gasteiger charge is -2.25. The first-order chi connectivity index (χ1) is 16.6. The molecule has 3 aromatic rings. The zero-order valence-corrected chi connectivity index (χ0v) is 22.1. The maximum Gasteiger partial charge on any atom is 0.264 e. The Hall–Kier alpha value is -2.74. The molecule has 9 heteroatoms. The summed E-state index contributed by atoms with van der Waals surface area (Å²) in [6.07, 6.45) is 0. The van der Waals surface area contributed by atoms with E-state index in [4.69, 9.17) is 27.9 Å². The Bertz CT molecular complexity index is 1280. The van der Waals surface area contributed by atoms with Crippen molar-refractivity contribution in [3.63, 3.8) is 0 Å². The Morgan fingerprint density at radius 3 is 2.40 bits per heavy atom. The Morgan fingerprint density at radius 1 is 1.03 bits per heavy atom. The molecule has 186 valence electrons. The smallest absolute Gasteiger partial charge is 0.264 e. The fraction of sp³-hybridized carbons (Fsp3) is 0.269. The number of hydrogen-bond donors (Lipinski definition) is 1. The molecular weight excluding hydrogens is 507 g/mol. The fourth-order valence-corrected chi connectivity index (χ4v) is 5.31. The van der Waals surface area contributed by atoms with Crippen molar-refractivity contribution < 1.29 is 17.9 Å². The van der Waals surface area contributed by atoms with E-state index in [1.807, 2.05) is 31.2 Å². The summed E-state index contributed by atoms with van der Waals surface area (Å²) in [7, 11) is -4.10. The van der Waals surface area contributed by atoms with Crippen LogP contribution in [0, 0.1) is 6.92 Å². The monoisotopic (exact) mass is 534 g/mol. The first-order valence-electron chi connectivity index (χ1n) is 11.1. The number of anilines is 1. The van der Waals surface area contributed by atoms with Gasteiger partial charge in [0, 0.05) is 5.02 Å². The van der Waals surface area contributed by atoms with E-state index < -0.39 is 22.5 Å². The number of rotatable bonds is 10. The van der Waals surface area contributed by atoms with Crippen molar-refractivity contribution in [3.8, 4) is 5.75 Å². The number of hydrogen-bond acceptors (Lipinski definition) is 4. The molecule has 6 nitrogen and oxygen atoms in total. The molecule has 0 saturated heterocycles. The highest BCUT2D eigenvalue weighted by molar-refractivity contribution is 7.92. The number of ether oxygens (including phenoxy) is 1. The lowest BCUT2D eigenvalue weighted by molar-refractivity contribution is -0.119.